The van der Waals surface area contributed by atoms with E-state index in [1.165, 1.54) is 37.7 Å². The molecule has 1 heterocycles. The fourth-order valence-corrected chi connectivity index (χ4v) is 5.73. The first kappa shape index (κ1) is 23.5. The second-order valence-corrected chi connectivity index (χ2v) is 11.4. The molecule has 32 heavy (non-hydrogen) atoms. The molecule has 3 fully saturated rings. The van der Waals surface area contributed by atoms with Crippen molar-refractivity contribution >= 4 is 12.0 Å². The fourth-order valence-electron chi connectivity index (χ4n) is 5.73. The van der Waals surface area contributed by atoms with E-state index < -0.39 is 0 Å². The molecule has 1 spiro atoms. The van der Waals surface area contributed by atoms with Gasteiger partial charge in [0.05, 0.1) is 6.42 Å². The molecule has 1 saturated heterocycles. The number of piperidine rings is 1. The maximum Gasteiger partial charge on any atom is 0.307 e. The van der Waals surface area contributed by atoms with Gasteiger partial charge in [-0.3, -0.25) is 4.79 Å². The van der Waals surface area contributed by atoms with Gasteiger partial charge in [0, 0.05) is 18.6 Å². The average Bonchev–Trinajstić information content (AvgIpc) is 3.49. The molecule has 2 aliphatic carbocycles. The molecule has 1 aromatic rings. The van der Waals surface area contributed by atoms with E-state index in [9.17, 15) is 4.79 Å². The molecule has 0 aromatic heterocycles. The van der Waals surface area contributed by atoms with E-state index in [0.29, 0.717) is 23.9 Å². The summed E-state index contributed by atoms with van der Waals surface area (Å²) in [6.07, 6.45) is 10.6. The van der Waals surface area contributed by atoms with Crippen LogP contribution < -0.4 is 5.32 Å². The molecular weight excluding hydrogens is 396 g/mol. The number of ether oxygens (including phenoxy) is 1. The third-order valence-electron chi connectivity index (χ3n) is 7.60. The van der Waals surface area contributed by atoms with Crippen LogP contribution in [0.2, 0.25) is 0 Å². The van der Waals surface area contributed by atoms with E-state index in [-0.39, 0.29) is 11.6 Å². The topological polar surface area (TPSA) is 41.6 Å². The highest BCUT2D eigenvalue weighted by atomic mass is 16.6. The quantitative estimate of drug-likeness (QED) is 0.549. The zero-order valence-corrected chi connectivity index (χ0v) is 20.5. The lowest BCUT2D eigenvalue weighted by molar-refractivity contribution is -0.155. The number of nitrogens with one attached hydrogen (secondary N) is 1. The highest BCUT2D eigenvalue weighted by molar-refractivity contribution is 5.70. The third-order valence-corrected chi connectivity index (χ3v) is 7.60. The van der Waals surface area contributed by atoms with Crippen molar-refractivity contribution < 1.29 is 9.53 Å². The third kappa shape index (κ3) is 6.23. The minimum absolute atomic E-state index is 0.0718. The minimum atomic E-state index is -0.382. The molecule has 3 aliphatic rings. The molecule has 4 heteroatoms. The van der Waals surface area contributed by atoms with Gasteiger partial charge in [-0.15, -0.1) is 0 Å². The van der Waals surface area contributed by atoms with Crippen LogP contribution in [0.15, 0.2) is 35.9 Å². The van der Waals surface area contributed by atoms with Gasteiger partial charge in [0.2, 0.25) is 0 Å². The van der Waals surface area contributed by atoms with Crippen LogP contribution in [0.5, 0.6) is 0 Å². The summed E-state index contributed by atoms with van der Waals surface area (Å²) in [5.74, 6) is 0.656. The lowest BCUT2D eigenvalue weighted by Crippen LogP contribution is -2.54. The number of likely N-dealkylation sites (tertiary alicyclic amines) is 1. The Kier molecular flexibility index (Phi) is 7.11. The van der Waals surface area contributed by atoms with E-state index in [1.54, 1.807) is 5.57 Å². The van der Waals surface area contributed by atoms with Crippen LogP contribution in [0, 0.1) is 11.3 Å². The summed E-state index contributed by atoms with van der Waals surface area (Å²) in [4.78, 5) is 14.4. The summed E-state index contributed by atoms with van der Waals surface area (Å²) >= 11 is 0. The molecule has 4 nitrogen and oxygen atoms in total. The van der Waals surface area contributed by atoms with Crippen molar-refractivity contribution in [1.29, 1.82) is 0 Å². The first-order chi connectivity index (χ1) is 15.3. The van der Waals surface area contributed by atoms with Crippen LogP contribution >= 0.6 is 0 Å². The van der Waals surface area contributed by atoms with Crippen molar-refractivity contribution in [3.05, 3.63) is 41.5 Å². The van der Waals surface area contributed by atoms with Crippen molar-refractivity contribution in [2.75, 3.05) is 19.6 Å². The molecule has 0 amide bonds. The van der Waals surface area contributed by atoms with Gasteiger partial charge in [0.25, 0.3) is 0 Å². The largest absolute Gasteiger partial charge is 0.460 e. The van der Waals surface area contributed by atoms with E-state index in [1.807, 2.05) is 20.8 Å². The molecular formula is C28H42N2O2. The summed E-state index contributed by atoms with van der Waals surface area (Å²) in [5.41, 5.74) is 3.10. The van der Waals surface area contributed by atoms with Crippen LogP contribution in [0.3, 0.4) is 0 Å². The number of carbonyl (C=O) groups excluding carboxylic acids is 1. The highest BCUT2D eigenvalue weighted by Gasteiger charge is 2.49. The first-order valence-corrected chi connectivity index (χ1v) is 12.7. The molecule has 1 N–H and O–H groups in total. The summed E-state index contributed by atoms with van der Waals surface area (Å²) in [6.45, 7) is 11.2. The van der Waals surface area contributed by atoms with Crippen LogP contribution in [-0.2, 0) is 9.53 Å². The molecule has 0 radical (unpaired) electrons. The van der Waals surface area contributed by atoms with Gasteiger partial charge in [-0.05, 0) is 89.3 Å². The lowest BCUT2D eigenvalue weighted by Gasteiger charge is -2.52. The smallest absolute Gasteiger partial charge is 0.307 e. The number of esters is 1. The normalized spacial score (nSPS) is 26.1. The van der Waals surface area contributed by atoms with Crippen molar-refractivity contribution in [2.24, 2.45) is 11.3 Å². The van der Waals surface area contributed by atoms with Gasteiger partial charge in [-0.2, -0.15) is 0 Å². The van der Waals surface area contributed by atoms with E-state index in [2.05, 4.69) is 53.5 Å². The Bertz CT molecular complexity index is 794. The highest BCUT2D eigenvalue weighted by Crippen LogP contribution is 2.51. The summed E-state index contributed by atoms with van der Waals surface area (Å²) in [5, 5.41) is 3.97. The van der Waals surface area contributed by atoms with Gasteiger partial charge in [0.1, 0.15) is 5.60 Å². The Hall–Kier alpha value is -1.65. The van der Waals surface area contributed by atoms with Crippen LogP contribution in [0.25, 0.3) is 6.08 Å². The molecule has 1 aliphatic heterocycles. The molecule has 4 rings (SSSR count). The second-order valence-electron chi connectivity index (χ2n) is 11.4. The van der Waals surface area contributed by atoms with Gasteiger partial charge >= 0.3 is 5.97 Å². The Labute approximate surface area is 194 Å². The van der Waals surface area contributed by atoms with E-state index in [4.69, 9.17) is 4.74 Å². The predicted octanol–water partition coefficient (Wildman–Crippen LogP) is 5.43. The standard InChI is InChI=1S/C28H42N2O2/c1-5-22(17-21-9-7-6-8-10-21)24-18-25(24)29-23-19-28(20-23)12-15-30(16-13-28)14-11-26(31)32-27(2,3)4/h6-10,17,23-25,29H,5,11-16,18-20H2,1-4H3. The molecule has 2 atom stereocenters. The summed E-state index contributed by atoms with van der Waals surface area (Å²) in [7, 11) is 0. The first-order valence-electron chi connectivity index (χ1n) is 12.7. The zero-order valence-electron chi connectivity index (χ0n) is 20.5. The summed E-state index contributed by atoms with van der Waals surface area (Å²) in [6, 6.07) is 12.1. The Morgan fingerprint density at radius 2 is 1.88 bits per heavy atom. The maximum atomic E-state index is 12.0. The lowest BCUT2D eigenvalue weighted by atomic mass is 9.60. The molecule has 176 valence electrons. The van der Waals surface area contributed by atoms with Crippen molar-refractivity contribution in [3.63, 3.8) is 0 Å². The maximum absolute atomic E-state index is 12.0. The van der Waals surface area contributed by atoms with Crippen LogP contribution in [-0.4, -0.2) is 48.2 Å². The van der Waals surface area contributed by atoms with Gasteiger partial charge < -0.3 is 15.0 Å². The Balaban J connectivity index is 1.15. The van der Waals surface area contributed by atoms with Gasteiger partial charge in [-0.1, -0.05) is 48.9 Å². The number of nitrogens with zero attached hydrogens (tertiary/aromatic N) is 1. The number of hydrogen-bond donors (Lipinski definition) is 1. The number of benzene rings is 1. The van der Waals surface area contributed by atoms with Gasteiger partial charge in [0.15, 0.2) is 0 Å². The molecule has 1 aromatic carbocycles. The monoisotopic (exact) mass is 438 g/mol. The zero-order chi connectivity index (χ0) is 22.8. The minimum Gasteiger partial charge on any atom is -0.460 e. The number of rotatable bonds is 8. The molecule has 0 bridgehead atoms. The summed E-state index contributed by atoms with van der Waals surface area (Å²) < 4.78 is 5.45. The van der Waals surface area contributed by atoms with Crippen molar-refractivity contribution in [3.8, 4) is 0 Å². The number of hydrogen-bond acceptors (Lipinski definition) is 4. The average molecular weight is 439 g/mol. The van der Waals surface area contributed by atoms with Crippen LogP contribution in [0.4, 0.5) is 0 Å². The van der Waals surface area contributed by atoms with Crippen molar-refractivity contribution in [1.82, 2.24) is 10.2 Å². The Morgan fingerprint density at radius 1 is 1.19 bits per heavy atom. The van der Waals surface area contributed by atoms with Crippen molar-refractivity contribution in [2.45, 2.75) is 90.3 Å². The molecule has 2 unspecified atom stereocenters. The predicted molar refractivity (Wildman–Crippen MR) is 131 cm³/mol. The van der Waals surface area contributed by atoms with Crippen LogP contribution in [0.1, 0.15) is 78.2 Å². The Morgan fingerprint density at radius 3 is 2.50 bits per heavy atom. The molecule has 2 saturated carbocycles. The van der Waals surface area contributed by atoms with Gasteiger partial charge in [-0.25, -0.2) is 0 Å². The SMILES string of the molecule is CCC(=Cc1ccccc1)C1CC1NC1CC2(CCN(CCC(=O)OC(C)(C)C)CC2)C1. The second kappa shape index (κ2) is 9.69. The number of carbonyl (C=O) groups is 1. The van der Waals surface area contributed by atoms with E-state index >= 15 is 0 Å². The van der Waals surface area contributed by atoms with E-state index in [0.717, 1.165) is 32.0 Å². The fraction of sp³-hybridized carbons (Fsp3) is 0.679.